The molecule has 2 nitrogen and oxygen atoms in total. The predicted molar refractivity (Wildman–Crippen MR) is 63.9 cm³/mol. The van der Waals surface area contributed by atoms with Gasteiger partial charge in [0.15, 0.2) is 0 Å². The first kappa shape index (κ1) is 12.1. The van der Waals surface area contributed by atoms with Crippen LogP contribution >= 0.6 is 15.9 Å². The van der Waals surface area contributed by atoms with Crippen molar-refractivity contribution >= 4 is 15.9 Å². The molecule has 0 spiro atoms. The van der Waals surface area contributed by atoms with E-state index in [-0.39, 0.29) is 6.10 Å². The van der Waals surface area contributed by atoms with Crippen LogP contribution in [0.1, 0.15) is 32.3 Å². The van der Waals surface area contributed by atoms with Gasteiger partial charge in [0.2, 0.25) is 0 Å². The van der Waals surface area contributed by atoms with Gasteiger partial charge < -0.3 is 4.74 Å². The van der Waals surface area contributed by atoms with Gasteiger partial charge in [-0.2, -0.15) is 5.26 Å². The fraction of sp³-hybridized carbons (Fsp3) is 0.417. The van der Waals surface area contributed by atoms with Crippen LogP contribution in [0.4, 0.5) is 0 Å². The van der Waals surface area contributed by atoms with E-state index in [2.05, 4.69) is 28.9 Å². The second kappa shape index (κ2) is 5.77. The molecule has 0 amide bonds. The van der Waals surface area contributed by atoms with Crippen molar-refractivity contribution in [1.82, 2.24) is 0 Å². The van der Waals surface area contributed by atoms with Crippen LogP contribution in [-0.2, 0) is 0 Å². The topological polar surface area (TPSA) is 33.0 Å². The molecule has 0 radical (unpaired) electrons. The largest absolute Gasteiger partial charge is 0.489 e. The van der Waals surface area contributed by atoms with E-state index in [0.29, 0.717) is 11.3 Å². The number of halogens is 1. The van der Waals surface area contributed by atoms with Gasteiger partial charge in [-0.25, -0.2) is 0 Å². The van der Waals surface area contributed by atoms with Gasteiger partial charge in [0, 0.05) is 4.47 Å². The smallest absolute Gasteiger partial charge is 0.138 e. The molecule has 0 fully saturated rings. The van der Waals surface area contributed by atoms with E-state index in [4.69, 9.17) is 10.00 Å². The van der Waals surface area contributed by atoms with Crippen LogP contribution in [0.2, 0.25) is 0 Å². The quantitative estimate of drug-likeness (QED) is 0.829. The Morgan fingerprint density at radius 1 is 1.53 bits per heavy atom. The molecule has 0 bridgehead atoms. The normalized spacial score (nSPS) is 11.9. The average molecular weight is 268 g/mol. The molecule has 0 N–H and O–H groups in total. The van der Waals surface area contributed by atoms with E-state index in [1.807, 2.05) is 25.1 Å². The Morgan fingerprint density at radius 3 is 2.87 bits per heavy atom. The first-order valence-corrected chi connectivity index (χ1v) is 5.83. The second-order valence-electron chi connectivity index (χ2n) is 3.44. The zero-order valence-electron chi connectivity index (χ0n) is 8.96. The number of hydrogen-bond donors (Lipinski definition) is 0. The van der Waals surface area contributed by atoms with Crippen molar-refractivity contribution in [3.63, 3.8) is 0 Å². The summed E-state index contributed by atoms with van der Waals surface area (Å²) >= 11 is 3.33. The number of hydrogen-bond acceptors (Lipinski definition) is 2. The van der Waals surface area contributed by atoms with Crippen molar-refractivity contribution < 1.29 is 4.74 Å². The van der Waals surface area contributed by atoms with Crippen molar-refractivity contribution in [1.29, 1.82) is 5.26 Å². The summed E-state index contributed by atoms with van der Waals surface area (Å²) in [6.07, 6.45) is 2.23. The van der Waals surface area contributed by atoms with Crippen LogP contribution in [0.3, 0.4) is 0 Å². The van der Waals surface area contributed by atoms with Crippen molar-refractivity contribution in [2.45, 2.75) is 32.8 Å². The van der Waals surface area contributed by atoms with E-state index in [1.54, 1.807) is 0 Å². The molecule has 0 aliphatic carbocycles. The molecule has 0 heterocycles. The molecule has 1 aromatic carbocycles. The lowest BCUT2D eigenvalue weighted by molar-refractivity contribution is 0.209. The molecule has 15 heavy (non-hydrogen) atoms. The molecule has 0 aromatic heterocycles. The maximum Gasteiger partial charge on any atom is 0.138 e. The molecule has 1 rings (SSSR count). The summed E-state index contributed by atoms with van der Waals surface area (Å²) in [5.74, 6) is 0.660. The summed E-state index contributed by atoms with van der Waals surface area (Å²) in [5.41, 5.74) is 0.570. The molecule has 3 heteroatoms. The molecule has 0 saturated heterocycles. The standard InChI is InChI=1S/C12H14BrNO/c1-3-5-9(2)15-12-7-4-6-11(13)10(12)8-14/h4,6-7,9H,3,5H2,1-2H3. The summed E-state index contributed by atoms with van der Waals surface area (Å²) in [6.45, 7) is 4.14. The zero-order valence-corrected chi connectivity index (χ0v) is 10.5. The van der Waals surface area contributed by atoms with E-state index in [9.17, 15) is 0 Å². The number of nitrogens with zero attached hydrogens (tertiary/aromatic N) is 1. The van der Waals surface area contributed by atoms with Crippen LogP contribution in [0.25, 0.3) is 0 Å². The van der Waals surface area contributed by atoms with Gasteiger partial charge in [-0.1, -0.05) is 19.4 Å². The highest BCUT2D eigenvalue weighted by molar-refractivity contribution is 9.10. The van der Waals surface area contributed by atoms with Gasteiger partial charge in [0.25, 0.3) is 0 Å². The lowest BCUT2D eigenvalue weighted by Crippen LogP contribution is -2.11. The Kier molecular flexibility index (Phi) is 4.64. The summed E-state index contributed by atoms with van der Waals surface area (Å²) in [5, 5.41) is 8.98. The first-order valence-electron chi connectivity index (χ1n) is 5.04. The highest BCUT2D eigenvalue weighted by Crippen LogP contribution is 2.26. The molecule has 0 aliphatic rings. The molecular formula is C12H14BrNO. The second-order valence-corrected chi connectivity index (χ2v) is 4.30. The van der Waals surface area contributed by atoms with E-state index < -0.39 is 0 Å². The van der Waals surface area contributed by atoms with Crippen molar-refractivity contribution in [3.8, 4) is 11.8 Å². The van der Waals surface area contributed by atoms with Crippen molar-refractivity contribution in [3.05, 3.63) is 28.2 Å². The number of rotatable bonds is 4. The maximum absolute atomic E-state index is 8.98. The van der Waals surface area contributed by atoms with E-state index in [1.165, 1.54) is 0 Å². The lowest BCUT2D eigenvalue weighted by atomic mass is 10.2. The van der Waals surface area contributed by atoms with Crippen LogP contribution in [0.5, 0.6) is 5.75 Å². The fourth-order valence-corrected chi connectivity index (χ4v) is 1.83. The Balaban J connectivity index is 2.86. The number of benzene rings is 1. The fourth-order valence-electron chi connectivity index (χ4n) is 1.39. The Hall–Kier alpha value is -1.01. The monoisotopic (exact) mass is 267 g/mol. The SMILES string of the molecule is CCCC(C)Oc1cccc(Br)c1C#N. The van der Waals surface area contributed by atoms with Gasteiger partial charge in [-0.15, -0.1) is 0 Å². The van der Waals surface area contributed by atoms with Gasteiger partial charge in [-0.3, -0.25) is 0 Å². The summed E-state index contributed by atoms with van der Waals surface area (Å²) in [7, 11) is 0. The molecule has 0 aliphatic heterocycles. The molecule has 1 atom stereocenters. The van der Waals surface area contributed by atoms with Crippen LogP contribution in [-0.4, -0.2) is 6.10 Å². The average Bonchev–Trinajstić information content (AvgIpc) is 2.18. The number of ether oxygens (including phenoxy) is 1. The Morgan fingerprint density at radius 2 is 2.27 bits per heavy atom. The van der Waals surface area contributed by atoms with Crippen molar-refractivity contribution in [2.75, 3.05) is 0 Å². The molecule has 80 valence electrons. The van der Waals surface area contributed by atoms with Gasteiger partial charge in [-0.05, 0) is 41.4 Å². The third-order valence-corrected chi connectivity index (χ3v) is 2.77. The third-order valence-electron chi connectivity index (χ3n) is 2.11. The highest BCUT2D eigenvalue weighted by atomic mass is 79.9. The van der Waals surface area contributed by atoms with Gasteiger partial charge in [0.05, 0.1) is 6.10 Å². The third kappa shape index (κ3) is 3.24. The van der Waals surface area contributed by atoms with Crippen LogP contribution < -0.4 is 4.74 Å². The van der Waals surface area contributed by atoms with Crippen LogP contribution in [0.15, 0.2) is 22.7 Å². The molecule has 1 unspecified atom stereocenters. The maximum atomic E-state index is 8.98. The minimum atomic E-state index is 0.149. The van der Waals surface area contributed by atoms with E-state index >= 15 is 0 Å². The number of nitriles is 1. The Labute approximate surface area is 99.0 Å². The predicted octanol–water partition coefficient (Wildman–Crippen LogP) is 3.89. The minimum absolute atomic E-state index is 0.149. The van der Waals surface area contributed by atoms with Crippen LogP contribution in [0, 0.1) is 11.3 Å². The first-order chi connectivity index (χ1) is 7.19. The zero-order chi connectivity index (χ0) is 11.3. The summed E-state index contributed by atoms with van der Waals surface area (Å²) in [6, 6.07) is 7.69. The highest BCUT2D eigenvalue weighted by Gasteiger charge is 2.09. The van der Waals surface area contributed by atoms with E-state index in [0.717, 1.165) is 17.3 Å². The van der Waals surface area contributed by atoms with Gasteiger partial charge >= 0.3 is 0 Å². The molecule has 1 aromatic rings. The van der Waals surface area contributed by atoms with Gasteiger partial charge in [0.1, 0.15) is 17.4 Å². The molecule has 0 saturated carbocycles. The summed E-state index contributed by atoms with van der Waals surface area (Å²) < 4.78 is 6.49. The summed E-state index contributed by atoms with van der Waals surface area (Å²) in [4.78, 5) is 0. The Bertz CT molecular complexity index is 370. The minimum Gasteiger partial charge on any atom is -0.489 e. The lowest BCUT2D eigenvalue weighted by Gasteiger charge is -2.15. The van der Waals surface area contributed by atoms with Crippen molar-refractivity contribution in [2.24, 2.45) is 0 Å². The molecular weight excluding hydrogens is 254 g/mol.